The Balaban J connectivity index is 1.39. The molecule has 0 spiro atoms. The molecule has 0 radical (unpaired) electrons. The Morgan fingerprint density at radius 3 is 2.88 bits per heavy atom. The number of ether oxygens (including phenoxy) is 1. The first-order valence-electron chi connectivity index (χ1n) is 9.63. The zero-order chi connectivity index (χ0) is 17.8. The molecule has 0 aromatic heterocycles. The third-order valence-corrected chi connectivity index (χ3v) is 5.49. The molecule has 0 saturated carbocycles. The van der Waals surface area contributed by atoms with Gasteiger partial charge in [0.25, 0.3) is 0 Å². The standard InChI is InChI=1S/C23H26N2O/c24-16-18-12-13-23(21-10-4-3-8-19(18)21)26-15-14-25-22-11-5-7-17-6-1-2-9-20(17)22/h2-4,8-10,12-13,16,22,24-25H,1,5-7,11,14-15H2. The number of nitrogens with one attached hydrogen (secondary N) is 2. The van der Waals surface area contributed by atoms with E-state index in [2.05, 4.69) is 23.5 Å². The van der Waals surface area contributed by atoms with Gasteiger partial charge in [0.05, 0.1) is 0 Å². The van der Waals surface area contributed by atoms with Gasteiger partial charge in [0.1, 0.15) is 12.4 Å². The largest absolute Gasteiger partial charge is 0.492 e. The highest BCUT2D eigenvalue weighted by Gasteiger charge is 2.22. The van der Waals surface area contributed by atoms with Crippen LogP contribution in [0.4, 0.5) is 0 Å². The van der Waals surface area contributed by atoms with Crippen LogP contribution in [-0.4, -0.2) is 25.4 Å². The molecule has 0 bridgehead atoms. The summed E-state index contributed by atoms with van der Waals surface area (Å²) in [5.74, 6) is 0.897. The first kappa shape index (κ1) is 17.0. The van der Waals surface area contributed by atoms with Gasteiger partial charge < -0.3 is 15.5 Å². The van der Waals surface area contributed by atoms with Gasteiger partial charge in [-0.15, -0.1) is 0 Å². The molecule has 2 N–H and O–H groups in total. The van der Waals surface area contributed by atoms with Crippen LogP contribution in [0.15, 0.2) is 59.7 Å². The monoisotopic (exact) mass is 346 g/mol. The van der Waals surface area contributed by atoms with Crippen molar-refractivity contribution in [2.75, 3.05) is 13.2 Å². The molecule has 1 unspecified atom stereocenters. The highest BCUT2D eigenvalue weighted by Crippen LogP contribution is 2.32. The van der Waals surface area contributed by atoms with Crippen molar-refractivity contribution in [2.24, 2.45) is 0 Å². The number of hydrogen-bond acceptors (Lipinski definition) is 3. The van der Waals surface area contributed by atoms with E-state index in [0.29, 0.717) is 12.6 Å². The Labute approximate surface area is 155 Å². The van der Waals surface area contributed by atoms with Crippen molar-refractivity contribution in [3.05, 3.63) is 65.3 Å². The van der Waals surface area contributed by atoms with E-state index in [9.17, 15) is 0 Å². The van der Waals surface area contributed by atoms with E-state index < -0.39 is 0 Å². The number of fused-ring (bicyclic) bond motifs is 1. The predicted octanol–water partition coefficient (Wildman–Crippen LogP) is 5.00. The van der Waals surface area contributed by atoms with Crippen LogP contribution in [0.3, 0.4) is 0 Å². The summed E-state index contributed by atoms with van der Waals surface area (Å²) in [4.78, 5) is 0. The van der Waals surface area contributed by atoms with Crippen LogP contribution in [-0.2, 0) is 0 Å². The summed E-state index contributed by atoms with van der Waals surface area (Å²) >= 11 is 0. The Morgan fingerprint density at radius 2 is 2.00 bits per heavy atom. The van der Waals surface area contributed by atoms with Crippen LogP contribution in [0, 0.1) is 5.41 Å². The minimum Gasteiger partial charge on any atom is -0.492 e. The summed E-state index contributed by atoms with van der Waals surface area (Å²) in [6.07, 6.45) is 12.3. The highest BCUT2D eigenvalue weighted by molar-refractivity contribution is 6.01. The SMILES string of the molecule is N=Cc1ccc(OCCNC2CCCC3=C2C=CCC3)c2ccccc12. The molecular formula is C23H26N2O. The molecule has 2 aromatic rings. The first-order chi connectivity index (χ1) is 12.9. The fourth-order valence-electron chi connectivity index (χ4n) is 4.19. The lowest BCUT2D eigenvalue weighted by Gasteiger charge is -2.30. The molecular weight excluding hydrogens is 320 g/mol. The smallest absolute Gasteiger partial charge is 0.127 e. The molecule has 26 heavy (non-hydrogen) atoms. The van der Waals surface area contributed by atoms with E-state index >= 15 is 0 Å². The van der Waals surface area contributed by atoms with Crippen molar-refractivity contribution in [1.82, 2.24) is 5.32 Å². The molecule has 3 heteroatoms. The Morgan fingerprint density at radius 1 is 1.12 bits per heavy atom. The summed E-state index contributed by atoms with van der Waals surface area (Å²) in [6, 6.07) is 12.6. The summed E-state index contributed by atoms with van der Waals surface area (Å²) in [5, 5.41) is 13.4. The van der Waals surface area contributed by atoms with Crippen LogP contribution in [0.5, 0.6) is 5.75 Å². The quantitative estimate of drug-likeness (QED) is 0.571. The van der Waals surface area contributed by atoms with Gasteiger partial charge in [-0.05, 0) is 55.2 Å². The molecule has 2 aliphatic rings. The van der Waals surface area contributed by atoms with E-state index in [-0.39, 0.29) is 0 Å². The summed E-state index contributed by atoms with van der Waals surface area (Å²) in [7, 11) is 0. The average molecular weight is 346 g/mol. The van der Waals surface area contributed by atoms with Crippen LogP contribution in [0.2, 0.25) is 0 Å². The molecule has 2 aromatic carbocycles. The second-order valence-electron chi connectivity index (χ2n) is 7.09. The highest BCUT2D eigenvalue weighted by atomic mass is 16.5. The van der Waals surface area contributed by atoms with Gasteiger partial charge in [0, 0.05) is 29.8 Å². The fraction of sp³-hybridized carbons (Fsp3) is 0.348. The van der Waals surface area contributed by atoms with Crippen molar-refractivity contribution in [1.29, 1.82) is 5.41 Å². The third kappa shape index (κ3) is 3.45. The van der Waals surface area contributed by atoms with Gasteiger partial charge in [0.2, 0.25) is 0 Å². The predicted molar refractivity (Wildman–Crippen MR) is 108 cm³/mol. The molecule has 134 valence electrons. The third-order valence-electron chi connectivity index (χ3n) is 5.49. The lowest BCUT2D eigenvalue weighted by atomic mass is 9.83. The normalized spacial score (nSPS) is 19.5. The molecule has 0 aliphatic heterocycles. The van der Waals surface area contributed by atoms with Crippen LogP contribution in [0.25, 0.3) is 10.8 Å². The number of rotatable bonds is 6. The molecule has 2 aliphatic carbocycles. The lowest BCUT2D eigenvalue weighted by Crippen LogP contribution is -2.36. The molecule has 3 nitrogen and oxygen atoms in total. The van der Waals surface area contributed by atoms with Gasteiger partial charge in [-0.2, -0.15) is 0 Å². The topological polar surface area (TPSA) is 45.1 Å². The summed E-state index contributed by atoms with van der Waals surface area (Å²) in [6.45, 7) is 1.49. The first-order valence-corrected chi connectivity index (χ1v) is 9.63. The second kappa shape index (κ2) is 7.88. The molecule has 0 heterocycles. The molecule has 0 saturated heterocycles. The molecule has 0 amide bonds. The van der Waals surface area contributed by atoms with Crippen molar-refractivity contribution in [2.45, 2.75) is 38.1 Å². The number of benzene rings is 2. The number of allylic oxidation sites excluding steroid dienone is 2. The van der Waals surface area contributed by atoms with Gasteiger partial charge in [0.15, 0.2) is 0 Å². The Hall–Kier alpha value is -2.39. The van der Waals surface area contributed by atoms with Crippen molar-refractivity contribution in [3.8, 4) is 5.75 Å². The van der Waals surface area contributed by atoms with E-state index in [4.69, 9.17) is 10.1 Å². The minimum atomic E-state index is 0.482. The van der Waals surface area contributed by atoms with Crippen molar-refractivity contribution in [3.63, 3.8) is 0 Å². The van der Waals surface area contributed by atoms with Crippen molar-refractivity contribution < 1.29 is 4.74 Å². The minimum absolute atomic E-state index is 0.482. The maximum atomic E-state index is 7.57. The van der Waals surface area contributed by atoms with Crippen LogP contribution in [0.1, 0.15) is 37.7 Å². The average Bonchev–Trinajstić information content (AvgIpc) is 2.71. The zero-order valence-electron chi connectivity index (χ0n) is 15.1. The van der Waals surface area contributed by atoms with Gasteiger partial charge in [-0.3, -0.25) is 0 Å². The fourth-order valence-corrected chi connectivity index (χ4v) is 4.19. The summed E-state index contributed by atoms with van der Waals surface area (Å²) < 4.78 is 6.07. The zero-order valence-corrected chi connectivity index (χ0v) is 15.1. The van der Waals surface area contributed by atoms with Crippen molar-refractivity contribution >= 4 is 17.0 Å². The molecule has 1 atom stereocenters. The van der Waals surface area contributed by atoms with Crippen LogP contribution >= 0.6 is 0 Å². The van der Waals surface area contributed by atoms with E-state index in [1.165, 1.54) is 43.9 Å². The number of hydrogen-bond donors (Lipinski definition) is 2. The maximum absolute atomic E-state index is 7.57. The molecule has 4 rings (SSSR count). The maximum Gasteiger partial charge on any atom is 0.127 e. The lowest BCUT2D eigenvalue weighted by molar-refractivity contribution is 0.308. The van der Waals surface area contributed by atoms with Gasteiger partial charge in [-0.25, -0.2) is 0 Å². The van der Waals surface area contributed by atoms with E-state index in [1.807, 2.05) is 30.3 Å². The van der Waals surface area contributed by atoms with E-state index in [1.54, 1.807) is 5.57 Å². The van der Waals surface area contributed by atoms with Crippen LogP contribution < -0.4 is 10.1 Å². The second-order valence-corrected chi connectivity index (χ2v) is 7.09. The van der Waals surface area contributed by atoms with Gasteiger partial charge >= 0.3 is 0 Å². The van der Waals surface area contributed by atoms with E-state index in [0.717, 1.165) is 28.6 Å². The summed E-state index contributed by atoms with van der Waals surface area (Å²) in [5.41, 5.74) is 4.12. The Bertz CT molecular complexity index is 866. The van der Waals surface area contributed by atoms with Gasteiger partial charge in [-0.1, -0.05) is 42.0 Å². The molecule has 0 fully saturated rings. The Kier molecular flexibility index (Phi) is 5.16.